The van der Waals surface area contributed by atoms with Crippen molar-refractivity contribution in [1.82, 2.24) is 10.4 Å². The second-order valence-electron chi connectivity index (χ2n) is 4.68. The van der Waals surface area contributed by atoms with E-state index in [1.54, 1.807) is 6.92 Å². The molecule has 0 bridgehead atoms. The monoisotopic (exact) mass is 338 g/mol. The number of hydrazine groups is 1. The van der Waals surface area contributed by atoms with Gasteiger partial charge in [0.15, 0.2) is 0 Å². The molecule has 0 amide bonds. The number of rotatable bonds is 8. The van der Waals surface area contributed by atoms with Gasteiger partial charge in [-0.05, 0) is 18.9 Å². The van der Waals surface area contributed by atoms with Crippen LogP contribution >= 0.6 is 0 Å². The Morgan fingerprint density at radius 1 is 1.05 bits per heavy atom. The first kappa shape index (κ1) is 18.0. The van der Waals surface area contributed by atoms with Gasteiger partial charge in [-0.3, -0.25) is 9.11 Å². The van der Waals surface area contributed by atoms with E-state index in [4.69, 9.17) is 9.11 Å². The highest BCUT2D eigenvalue weighted by atomic mass is 32.2. The van der Waals surface area contributed by atoms with Crippen LogP contribution < -0.4 is 5.43 Å². The van der Waals surface area contributed by atoms with E-state index in [2.05, 4.69) is 5.43 Å². The number of hydrogen-bond acceptors (Lipinski definition) is 6. The Bertz CT molecular complexity index is 611. The third-order valence-electron chi connectivity index (χ3n) is 2.43. The van der Waals surface area contributed by atoms with Crippen molar-refractivity contribution in [2.45, 2.75) is 19.4 Å². The molecule has 1 unspecified atom stereocenters. The summed E-state index contributed by atoms with van der Waals surface area (Å²) in [4.78, 5) is 0. The summed E-state index contributed by atoms with van der Waals surface area (Å²) in [5, 5.41) is 0.734. The predicted molar refractivity (Wildman–Crippen MR) is 77.4 cm³/mol. The Morgan fingerprint density at radius 3 is 1.95 bits per heavy atom. The van der Waals surface area contributed by atoms with Crippen molar-refractivity contribution in [1.29, 1.82) is 0 Å². The lowest BCUT2D eigenvalue weighted by atomic mass is 10.1. The van der Waals surface area contributed by atoms with Gasteiger partial charge in [0, 0.05) is 6.04 Å². The average Bonchev–Trinajstić information content (AvgIpc) is 2.24. The van der Waals surface area contributed by atoms with E-state index in [0.717, 1.165) is 10.6 Å². The van der Waals surface area contributed by atoms with Gasteiger partial charge < -0.3 is 0 Å². The Hall–Kier alpha value is -1.04. The molecule has 0 aliphatic rings. The van der Waals surface area contributed by atoms with Crippen molar-refractivity contribution in [2.24, 2.45) is 0 Å². The van der Waals surface area contributed by atoms with Crippen LogP contribution in [0.3, 0.4) is 0 Å². The summed E-state index contributed by atoms with van der Waals surface area (Å²) in [7, 11) is -8.85. The second-order valence-corrected chi connectivity index (χ2v) is 7.53. The number of hydrogen-bond donors (Lipinski definition) is 3. The fourth-order valence-electron chi connectivity index (χ4n) is 1.83. The largest absolute Gasteiger partial charge is 0.285 e. The van der Waals surface area contributed by atoms with Crippen molar-refractivity contribution < 1.29 is 25.9 Å². The Balaban J connectivity index is 2.71. The van der Waals surface area contributed by atoms with Crippen LogP contribution in [0.4, 0.5) is 0 Å². The first-order valence-corrected chi connectivity index (χ1v) is 9.22. The Morgan fingerprint density at radius 2 is 1.52 bits per heavy atom. The van der Waals surface area contributed by atoms with Crippen molar-refractivity contribution in [3.8, 4) is 0 Å². The Labute approximate surface area is 124 Å². The van der Waals surface area contributed by atoms with Crippen LogP contribution in [0.25, 0.3) is 0 Å². The molecule has 0 saturated carbocycles. The van der Waals surface area contributed by atoms with Crippen molar-refractivity contribution in [3.63, 3.8) is 0 Å². The summed E-state index contributed by atoms with van der Waals surface area (Å²) in [6.45, 7) is 1.72. The van der Waals surface area contributed by atoms with Gasteiger partial charge in [0.25, 0.3) is 20.2 Å². The highest BCUT2D eigenvalue weighted by molar-refractivity contribution is 7.86. The molecule has 0 fully saturated rings. The van der Waals surface area contributed by atoms with Gasteiger partial charge in [-0.25, -0.2) is 10.4 Å². The van der Waals surface area contributed by atoms with E-state index < -0.39 is 32.0 Å². The summed E-state index contributed by atoms with van der Waals surface area (Å²) in [5.74, 6) is -1.90. The molecule has 3 N–H and O–H groups in total. The third kappa shape index (κ3) is 8.75. The lowest BCUT2D eigenvalue weighted by molar-refractivity contribution is 0.210. The Kier molecular flexibility index (Phi) is 6.25. The standard InChI is InChI=1S/C11H18N2O6S2/c1-10(7-11-5-3-2-4-6-11)12-13(8-20(14,15)16)9-21(17,18)19/h2-6,10,12H,7-9H2,1H3,(H,14,15,16)(H,17,18,19). The highest BCUT2D eigenvalue weighted by Gasteiger charge is 2.21. The van der Waals surface area contributed by atoms with Crippen molar-refractivity contribution >= 4 is 20.2 Å². The lowest BCUT2D eigenvalue weighted by Gasteiger charge is -2.24. The SMILES string of the molecule is CC(Cc1ccccc1)NN(CS(=O)(=O)O)CS(=O)(=O)O. The van der Waals surface area contributed by atoms with E-state index in [9.17, 15) is 16.8 Å². The summed E-state index contributed by atoms with van der Waals surface area (Å²) in [6.07, 6.45) is 0.508. The predicted octanol–water partition coefficient (Wildman–Crippen LogP) is 0.115. The van der Waals surface area contributed by atoms with Crippen LogP contribution in [0, 0.1) is 0 Å². The molecule has 0 radical (unpaired) electrons. The normalized spacial score (nSPS) is 14.3. The first-order valence-electron chi connectivity index (χ1n) is 6.00. The minimum absolute atomic E-state index is 0.309. The molecule has 0 aliphatic heterocycles. The maximum Gasteiger partial charge on any atom is 0.279 e. The summed E-state index contributed by atoms with van der Waals surface area (Å²) in [6, 6.07) is 8.97. The van der Waals surface area contributed by atoms with E-state index in [1.807, 2.05) is 30.3 Å². The molecule has 0 aliphatic carbocycles. The topological polar surface area (TPSA) is 124 Å². The smallest absolute Gasteiger partial charge is 0.279 e. The zero-order chi connectivity index (χ0) is 16.1. The molecule has 0 spiro atoms. The molecule has 120 valence electrons. The van der Waals surface area contributed by atoms with Crippen molar-refractivity contribution in [3.05, 3.63) is 35.9 Å². The molecule has 1 atom stereocenters. The molecule has 1 aromatic carbocycles. The zero-order valence-electron chi connectivity index (χ0n) is 11.4. The molecular weight excluding hydrogens is 320 g/mol. The van der Waals surface area contributed by atoms with E-state index in [-0.39, 0.29) is 6.04 Å². The van der Waals surface area contributed by atoms with E-state index in [1.165, 1.54) is 0 Å². The van der Waals surface area contributed by atoms with Gasteiger partial charge in [-0.15, -0.1) is 0 Å². The van der Waals surface area contributed by atoms with Crippen LogP contribution in [0.1, 0.15) is 12.5 Å². The van der Waals surface area contributed by atoms with E-state index >= 15 is 0 Å². The highest BCUT2D eigenvalue weighted by Crippen LogP contribution is 2.04. The van der Waals surface area contributed by atoms with Gasteiger partial charge in [0.05, 0.1) is 0 Å². The van der Waals surface area contributed by atoms with Gasteiger partial charge in [0.1, 0.15) is 11.8 Å². The summed E-state index contributed by atoms with van der Waals surface area (Å²) < 4.78 is 61.1. The first-order chi connectivity index (χ1) is 9.55. The number of benzene rings is 1. The molecule has 1 rings (SSSR count). The molecule has 0 saturated heterocycles. The number of nitrogens with zero attached hydrogens (tertiary/aromatic N) is 1. The molecule has 1 aromatic rings. The van der Waals surface area contributed by atoms with E-state index in [0.29, 0.717) is 6.42 Å². The van der Waals surface area contributed by atoms with Crippen LogP contribution in [-0.4, -0.2) is 48.7 Å². The molecule has 8 nitrogen and oxygen atoms in total. The molecule has 0 heterocycles. The van der Waals surface area contributed by atoms with Crippen LogP contribution in [0.2, 0.25) is 0 Å². The molecule has 0 aromatic heterocycles. The fraction of sp³-hybridized carbons (Fsp3) is 0.455. The minimum Gasteiger partial charge on any atom is -0.285 e. The summed E-state index contributed by atoms with van der Waals surface area (Å²) >= 11 is 0. The molecule has 10 heteroatoms. The van der Waals surface area contributed by atoms with Gasteiger partial charge >= 0.3 is 0 Å². The van der Waals surface area contributed by atoms with Gasteiger partial charge in [-0.1, -0.05) is 30.3 Å². The third-order valence-corrected chi connectivity index (χ3v) is 3.70. The van der Waals surface area contributed by atoms with Gasteiger partial charge in [0.2, 0.25) is 0 Å². The minimum atomic E-state index is -4.43. The zero-order valence-corrected chi connectivity index (χ0v) is 13.0. The fourth-order valence-corrected chi connectivity index (χ4v) is 3.07. The van der Waals surface area contributed by atoms with Crippen LogP contribution in [-0.2, 0) is 26.7 Å². The summed E-state index contributed by atoms with van der Waals surface area (Å²) in [5.41, 5.74) is 3.60. The maximum atomic E-state index is 10.9. The quantitative estimate of drug-likeness (QED) is 0.451. The molecular formula is C11H18N2O6S2. The van der Waals surface area contributed by atoms with Crippen LogP contribution in [0.15, 0.2) is 30.3 Å². The second kappa shape index (κ2) is 7.29. The van der Waals surface area contributed by atoms with Gasteiger partial charge in [-0.2, -0.15) is 16.8 Å². The molecule has 21 heavy (non-hydrogen) atoms. The lowest BCUT2D eigenvalue weighted by Crippen LogP contribution is -2.48. The number of nitrogens with one attached hydrogen (secondary N) is 1. The van der Waals surface area contributed by atoms with Crippen LogP contribution in [0.5, 0.6) is 0 Å². The average molecular weight is 338 g/mol. The maximum absolute atomic E-state index is 10.9. The van der Waals surface area contributed by atoms with Crippen molar-refractivity contribution in [2.75, 3.05) is 11.8 Å².